The second-order valence-corrected chi connectivity index (χ2v) is 14.0. The molecule has 0 unspecified atom stereocenters. The molecule has 0 amide bonds. The Morgan fingerprint density at radius 3 is 1.85 bits per heavy atom. The first-order valence-electron chi connectivity index (χ1n) is 16.7. The minimum atomic E-state index is -0.384. The van der Waals surface area contributed by atoms with Gasteiger partial charge in [0.1, 0.15) is 11.2 Å². The molecule has 9 rings (SSSR count). The first-order valence-corrected chi connectivity index (χ1v) is 16.7. The summed E-state index contributed by atoms with van der Waals surface area (Å²) in [6.45, 7) is 8.37. The van der Waals surface area contributed by atoms with Gasteiger partial charge in [-0.05, 0) is 107 Å². The first-order chi connectivity index (χ1) is 23.2. The van der Waals surface area contributed by atoms with Gasteiger partial charge in [0.2, 0.25) is 0 Å². The molecule has 232 valence electrons. The molecule has 8 aromatic rings. The maximum Gasteiger partial charge on any atom is 0.494 e. The normalized spacial score (nSPS) is 15.6. The Labute approximate surface area is 280 Å². The lowest BCUT2D eigenvalue weighted by molar-refractivity contribution is 0.00578. The summed E-state index contributed by atoms with van der Waals surface area (Å²) in [4.78, 5) is 0. The van der Waals surface area contributed by atoms with Crippen LogP contribution in [-0.4, -0.2) is 18.3 Å². The summed E-state index contributed by atoms with van der Waals surface area (Å²) in [5.41, 5.74) is 9.12. The molecule has 1 aliphatic heterocycles. The molecular formula is C44H35BO3. The standard InChI is InChI=1S/C44H35BO3/c1-43(2)44(3,4)48-45(47-43)35-12-7-11-29(26-35)30-19-20-32-25-33(23-21-31(32)24-30)36-14-8-10-28-18-22-34(27-40(28)36)37-15-9-16-39-38-13-5-6-17-41(38)46-42(37)39/h5-27H,1-4H3. The zero-order valence-corrected chi connectivity index (χ0v) is 27.6. The van der Waals surface area contributed by atoms with Crippen LogP contribution >= 0.6 is 0 Å². The van der Waals surface area contributed by atoms with Gasteiger partial charge in [0.25, 0.3) is 0 Å². The van der Waals surface area contributed by atoms with Gasteiger partial charge < -0.3 is 13.7 Å². The van der Waals surface area contributed by atoms with E-state index in [9.17, 15) is 0 Å². The third-order valence-corrected chi connectivity index (χ3v) is 10.5. The average Bonchev–Trinajstić information content (AvgIpc) is 3.59. The van der Waals surface area contributed by atoms with Crippen LogP contribution in [0.25, 0.3) is 76.9 Å². The molecule has 0 spiro atoms. The van der Waals surface area contributed by atoms with Crippen molar-refractivity contribution in [1.29, 1.82) is 0 Å². The fraction of sp³-hybridized carbons (Fsp3) is 0.136. The topological polar surface area (TPSA) is 31.6 Å². The average molecular weight is 623 g/mol. The van der Waals surface area contributed by atoms with E-state index in [1.54, 1.807) is 0 Å². The molecule has 0 bridgehead atoms. The number of furan rings is 1. The summed E-state index contributed by atoms with van der Waals surface area (Å²) < 4.78 is 19.1. The van der Waals surface area contributed by atoms with Gasteiger partial charge in [0, 0.05) is 16.3 Å². The van der Waals surface area contributed by atoms with Crippen LogP contribution in [0.2, 0.25) is 0 Å². The molecule has 0 radical (unpaired) electrons. The Balaban J connectivity index is 1.08. The van der Waals surface area contributed by atoms with E-state index >= 15 is 0 Å². The van der Waals surface area contributed by atoms with Crippen LogP contribution in [-0.2, 0) is 9.31 Å². The van der Waals surface area contributed by atoms with Crippen LogP contribution in [0.3, 0.4) is 0 Å². The van der Waals surface area contributed by atoms with Gasteiger partial charge in [-0.15, -0.1) is 0 Å². The Hall–Kier alpha value is -5.16. The van der Waals surface area contributed by atoms with Crippen LogP contribution in [0.1, 0.15) is 27.7 Å². The van der Waals surface area contributed by atoms with Crippen LogP contribution < -0.4 is 5.46 Å². The van der Waals surface area contributed by atoms with Gasteiger partial charge >= 0.3 is 7.12 Å². The summed E-state index contributed by atoms with van der Waals surface area (Å²) >= 11 is 0. The third-order valence-electron chi connectivity index (χ3n) is 10.5. The maximum absolute atomic E-state index is 6.39. The van der Waals surface area contributed by atoms with Crippen LogP contribution in [0.5, 0.6) is 0 Å². The molecule has 3 nitrogen and oxygen atoms in total. The van der Waals surface area contributed by atoms with Gasteiger partial charge in [-0.25, -0.2) is 0 Å². The SMILES string of the molecule is CC1(C)OB(c2cccc(-c3ccc4cc(-c5cccc6ccc(-c7cccc8c7oc7ccccc78)cc56)ccc4c3)c2)OC1(C)C. The van der Waals surface area contributed by atoms with Crippen molar-refractivity contribution >= 4 is 56.1 Å². The minimum Gasteiger partial charge on any atom is -0.455 e. The zero-order chi connectivity index (χ0) is 32.6. The third kappa shape index (κ3) is 4.67. The van der Waals surface area contributed by atoms with Crippen molar-refractivity contribution in [3.63, 3.8) is 0 Å². The molecule has 0 atom stereocenters. The molecule has 1 aliphatic rings. The molecule has 48 heavy (non-hydrogen) atoms. The summed E-state index contributed by atoms with van der Waals surface area (Å²) in [6.07, 6.45) is 0. The van der Waals surface area contributed by atoms with E-state index in [4.69, 9.17) is 13.7 Å². The summed E-state index contributed by atoms with van der Waals surface area (Å²) in [5, 5.41) is 7.13. The fourth-order valence-electron chi connectivity index (χ4n) is 7.10. The van der Waals surface area contributed by atoms with Crippen LogP contribution in [0.4, 0.5) is 0 Å². The van der Waals surface area contributed by atoms with Gasteiger partial charge in [0.15, 0.2) is 0 Å². The molecule has 7 aromatic carbocycles. The van der Waals surface area contributed by atoms with E-state index in [0.29, 0.717) is 0 Å². The van der Waals surface area contributed by atoms with E-state index in [1.807, 2.05) is 12.1 Å². The van der Waals surface area contributed by atoms with Crippen molar-refractivity contribution in [3.05, 3.63) is 140 Å². The highest BCUT2D eigenvalue weighted by molar-refractivity contribution is 6.62. The summed E-state index contributed by atoms with van der Waals surface area (Å²) in [6, 6.07) is 50.0. The molecule has 1 fully saturated rings. The zero-order valence-electron chi connectivity index (χ0n) is 27.6. The van der Waals surface area contributed by atoms with Crippen molar-refractivity contribution in [1.82, 2.24) is 0 Å². The molecule has 2 heterocycles. The number of benzene rings is 7. The highest BCUT2D eigenvalue weighted by Gasteiger charge is 2.51. The quantitative estimate of drug-likeness (QED) is 0.183. The Kier molecular flexibility index (Phi) is 6.46. The predicted octanol–water partition coefficient (Wildman–Crippen LogP) is 11.2. The molecule has 1 aromatic heterocycles. The van der Waals surface area contributed by atoms with Crippen molar-refractivity contribution in [2.75, 3.05) is 0 Å². The summed E-state index contributed by atoms with van der Waals surface area (Å²) in [7, 11) is -0.384. The lowest BCUT2D eigenvalue weighted by Crippen LogP contribution is -2.41. The number of hydrogen-bond donors (Lipinski definition) is 0. The lowest BCUT2D eigenvalue weighted by Gasteiger charge is -2.32. The van der Waals surface area contributed by atoms with Crippen molar-refractivity contribution < 1.29 is 13.7 Å². The second kappa shape index (κ2) is 10.7. The summed E-state index contributed by atoms with van der Waals surface area (Å²) in [5.74, 6) is 0. The molecule has 0 aliphatic carbocycles. The number of fused-ring (bicyclic) bond motifs is 5. The monoisotopic (exact) mass is 622 g/mol. The highest BCUT2D eigenvalue weighted by atomic mass is 16.7. The second-order valence-electron chi connectivity index (χ2n) is 14.0. The maximum atomic E-state index is 6.39. The highest BCUT2D eigenvalue weighted by Crippen LogP contribution is 2.40. The van der Waals surface area contributed by atoms with Gasteiger partial charge in [-0.2, -0.15) is 0 Å². The molecule has 0 saturated carbocycles. The number of para-hydroxylation sites is 2. The molecule has 0 N–H and O–H groups in total. The minimum absolute atomic E-state index is 0.372. The predicted molar refractivity (Wildman–Crippen MR) is 201 cm³/mol. The number of rotatable bonds is 4. The van der Waals surface area contributed by atoms with Crippen LogP contribution in [0.15, 0.2) is 144 Å². The van der Waals surface area contributed by atoms with Gasteiger partial charge in [-0.1, -0.05) is 115 Å². The first kappa shape index (κ1) is 29.0. The van der Waals surface area contributed by atoms with E-state index < -0.39 is 0 Å². The van der Waals surface area contributed by atoms with Crippen molar-refractivity contribution in [3.8, 4) is 33.4 Å². The van der Waals surface area contributed by atoms with E-state index in [1.165, 1.54) is 38.2 Å². The van der Waals surface area contributed by atoms with Crippen molar-refractivity contribution in [2.45, 2.75) is 38.9 Å². The largest absolute Gasteiger partial charge is 0.494 e. The Bertz CT molecular complexity index is 2520. The van der Waals surface area contributed by atoms with E-state index in [0.717, 1.165) is 44.1 Å². The Morgan fingerprint density at radius 2 is 1.04 bits per heavy atom. The number of hydrogen-bond acceptors (Lipinski definition) is 3. The van der Waals surface area contributed by atoms with Crippen molar-refractivity contribution in [2.24, 2.45) is 0 Å². The smallest absolute Gasteiger partial charge is 0.455 e. The molecule has 1 saturated heterocycles. The molecule has 4 heteroatoms. The Morgan fingerprint density at radius 1 is 0.438 bits per heavy atom. The van der Waals surface area contributed by atoms with Gasteiger partial charge in [-0.3, -0.25) is 0 Å². The van der Waals surface area contributed by atoms with Gasteiger partial charge in [0.05, 0.1) is 11.2 Å². The lowest BCUT2D eigenvalue weighted by atomic mass is 9.78. The van der Waals surface area contributed by atoms with Crippen LogP contribution in [0, 0.1) is 0 Å². The molecular weight excluding hydrogens is 587 g/mol. The van der Waals surface area contributed by atoms with E-state index in [-0.39, 0.29) is 18.3 Å². The van der Waals surface area contributed by atoms with E-state index in [2.05, 4.69) is 155 Å². The fourth-order valence-corrected chi connectivity index (χ4v) is 7.10.